The maximum atomic E-state index is 10.3. The minimum absolute atomic E-state index is 0.332. The summed E-state index contributed by atoms with van der Waals surface area (Å²) in [5.41, 5.74) is 0. The maximum absolute atomic E-state index is 10.3. The third kappa shape index (κ3) is 21.1. The van der Waals surface area contributed by atoms with Crippen molar-refractivity contribution in [3.05, 3.63) is 24.0 Å². The lowest BCUT2D eigenvalue weighted by atomic mass is 10.0. The SMILES string of the molecule is CC=C(O)C(O)C(O)C(O)C(O)CO.CCCCCCCC/C=C\CCCCCCCC(=O)O. The lowest BCUT2D eigenvalue weighted by molar-refractivity contribution is -0.137. The highest BCUT2D eigenvalue weighted by molar-refractivity contribution is 5.66. The molecule has 0 heterocycles. The molecule has 34 heavy (non-hydrogen) atoms. The Bertz CT molecular complexity index is 521. The van der Waals surface area contributed by atoms with Gasteiger partial charge in [-0.05, 0) is 45.1 Å². The van der Waals surface area contributed by atoms with E-state index in [1.807, 2.05) is 0 Å². The summed E-state index contributed by atoms with van der Waals surface area (Å²) in [6.07, 6.45) is 15.7. The molecule has 0 saturated carbocycles. The lowest BCUT2D eigenvalue weighted by Gasteiger charge is -2.25. The van der Waals surface area contributed by atoms with Gasteiger partial charge in [-0.3, -0.25) is 4.79 Å². The molecule has 0 fully saturated rings. The normalized spacial score (nSPS) is 15.4. The second kappa shape index (κ2) is 24.7. The molecule has 0 amide bonds. The quantitative estimate of drug-likeness (QED) is 0.0766. The molecule has 4 atom stereocenters. The van der Waals surface area contributed by atoms with Gasteiger partial charge in [-0.25, -0.2) is 0 Å². The number of carboxylic acids is 1. The van der Waals surface area contributed by atoms with Gasteiger partial charge in [0.1, 0.15) is 30.2 Å². The van der Waals surface area contributed by atoms with Crippen LogP contribution in [0.1, 0.15) is 104 Å². The fourth-order valence-corrected chi connectivity index (χ4v) is 3.22. The average molecular weight is 491 g/mol. The van der Waals surface area contributed by atoms with E-state index in [0.29, 0.717) is 6.42 Å². The lowest BCUT2D eigenvalue weighted by Crippen LogP contribution is -2.46. The zero-order valence-corrected chi connectivity index (χ0v) is 21.2. The van der Waals surface area contributed by atoms with Crippen LogP contribution in [-0.4, -0.2) is 72.7 Å². The summed E-state index contributed by atoms with van der Waals surface area (Å²) in [5, 5.41) is 62.4. The summed E-state index contributed by atoms with van der Waals surface area (Å²) in [5.74, 6) is -1.18. The Hall–Kier alpha value is -1.45. The van der Waals surface area contributed by atoms with Gasteiger partial charge in [0.15, 0.2) is 0 Å². The summed E-state index contributed by atoms with van der Waals surface area (Å²) in [7, 11) is 0. The first kappa shape index (κ1) is 34.7. The highest BCUT2D eigenvalue weighted by atomic mass is 16.4. The molecule has 0 aliphatic carbocycles. The summed E-state index contributed by atoms with van der Waals surface area (Å²) in [4.78, 5) is 10.3. The first-order valence-electron chi connectivity index (χ1n) is 12.8. The van der Waals surface area contributed by atoms with Crippen LogP contribution >= 0.6 is 0 Å². The van der Waals surface area contributed by atoms with E-state index < -0.39 is 42.8 Å². The zero-order valence-electron chi connectivity index (χ0n) is 21.2. The second-order valence-electron chi connectivity index (χ2n) is 8.62. The number of rotatable bonds is 20. The van der Waals surface area contributed by atoms with Crippen LogP contribution in [0.5, 0.6) is 0 Å². The predicted octanol–water partition coefficient (Wildman–Crippen LogP) is 3.99. The molecule has 0 radical (unpaired) electrons. The molecule has 0 aromatic rings. The Labute approximate surface area is 205 Å². The number of aliphatic hydroxyl groups excluding tert-OH is 6. The molecule has 7 N–H and O–H groups in total. The number of aliphatic hydroxyl groups is 6. The second-order valence-corrected chi connectivity index (χ2v) is 8.62. The van der Waals surface area contributed by atoms with E-state index in [4.69, 9.17) is 25.5 Å². The number of hydrogen-bond acceptors (Lipinski definition) is 7. The summed E-state index contributed by atoms with van der Waals surface area (Å²) < 4.78 is 0. The van der Waals surface area contributed by atoms with E-state index in [9.17, 15) is 15.0 Å². The third-order valence-electron chi connectivity index (χ3n) is 5.51. The van der Waals surface area contributed by atoms with Gasteiger partial charge in [-0.2, -0.15) is 0 Å². The van der Waals surface area contributed by atoms with Crippen molar-refractivity contribution in [1.29, 1.82) is 0 Å². The minimum atomic E-state index is -1.76. The van der Waals surface area contributed by atoms with Crippen molar-refractivity contribution in [1.82, 2.24) is 0 Å². The Balaban J connectivity index is 0. The molecule has 0 spiro atoms. The average Bonchev–Trinajstić information content (AvgIpc) is 2.84. The van der Waals surface area contributed by atoms with Crippen LogP contribution in [0.15, 0.2) is 24.0 Å². The van der Waals surface area contributed by atoms with Crippen LogP contribution in [0.2, 0.25) is 0 Å². The Morgan fingerprint density at radius 1 is 0.735 bits per heavy atom. The van der Waals surface area contributed by atoms with Gasteiger partial charge in [0.25, 0.3) is 0 Å². The number of unbranched alkanes of at least 4 members (excludes halogenated alkanes) is 11. The largest absolute Gasteiger partial charge is 0.510 e. The molecule has 0 rings (SSSR count). The van der Waals surface area contributed by atoms with E-state index in [2.05, 4.69) is 19.1 Å². The molecule has 0 bridgehead atoms. The van der Waals surface area contributed by atoms with Crippen molar-refractivity contribution < 1.29 is 40.5 Å². The molecule has 0 aromatic heterocycles. The van der Waals surface area contributed by atoms with Crippen LogP contribution in [0.3, 0.4) is 0 Å². The van der Waals surface area contributed by atoms with Crippen molar-refractivity contribution in [2.45, 2.75) is 128 Å². The highest BCUT2D eigenvalue weighted by Crippen LogP contribution is 2.11. The Kier molecular flexibility index (Phi) is 25.2. The molecule has 0 aliphatic heterocycles. The van der Waals surface area contributed by atoms with Gasteiger partial charge >= 0.3 is 5.97 Å². The van der Waals surface area contributed by atoms with E-state index in [1.165, 1.54) is 77.6 Å². The molecule has 202 valence electrons. The van der Waals surface area contributed by atoms with Gasteiger partial charge in [0.2, 0.25) is 0 Å². The monoisotopic (exact) mass is 490 g/mol. The highest BCUT2D eigenvalue weighted by Gasteiger charge is 2.31. The molecule has 0 saturated heterocycles. The summed E-state index contributed by atoms with van der Waals surface area (Å²) in [6.45, 7) is 2.94. The molecule has 8 nitrogen and oxygen atoms in total. The van der Waals surface area contributed by atoms with Crippen molar-refractivity contribution in [2.24, 2.45) is 0 Å². The first-order valence-corrected chi connectivity index (χ1v) is 12.8. The molecule has 4 unspecified atom stereocenters. The van der Waals surface area contributed by atoms with Gasteiger partial charge in [-0.15, -0.1) is 0 Å². The number of carboxylic acid groups (broad SMARTS) is 1. The van der Waals surface area contributed by atoms with E-state index >= 15 is 0 Å². The maximum Gasteiger partial charge on any atom is 0.303 e. The summed E-state index contributed by atoms with van der Waals surface area (Å²) in [6, 6.07) is 0. The summed E-state index contributed by atoms with van der Waals surface area (Å²) >= 11 is 0. The Morgan fingerprint density at radius 3 is 1.65 bits per heavy atom. The van der Waals surface area contributed by atoms with Gasteiger partial charge in [-0.1, -0.05) is 70.4 Å². The smallest absolute Gasteiger partial charge is 0.303 e. The predicted molar refractivity (Wildman–Crippen MR) is 135 cm³/mol. The third-order valence-corrected chi connectivity index (χ3v) is 5.51. The van der Waals surface area contributed by atoms with E-state index in [1.54, 1.807) is 0 Å². The molecule has 8 heteroatoms. The van der Waals surface area contributed by atoms with Crippen molar-refractivity contribution in [3.8, 4) is 0 Å². The van der Waals surface area contributed by atoms with Gasteiger partial charge in [0, 0.05) is 6.42 Å². The van der Waals surface area contributed by atoms with Crippen LogP contribution in [0.4, 0.5) is 0 Å². The zero-order chi connectivity index (χ0) is 26.2. The van der Waals surface area contributed by atoms with Crippen LogP contribution < -0.4 is 0 Å². The topological polar surface area (TPSA) is 159 Å². The van der Waals surface area contributed by atoms with Crippen molar-refractivity contribution in [3.63, 3.8) is 0 Å². The number of hydrogen-bond donors (Lipinski definition) is 7. The van der Waals surface area contributed by atoms with Crippen molar-refractivity contribution in [2.75, 3.05) is 6.61 Å². The van der Waals surface area contributed by atoms with Gasteiger partial charge < -0.3 is 35.7 Å². The number of carbonyl (C=O) groups is 1. The first-order chi connectivity index (χ1) is 16.2. The van der Waals surface area contributed by atoms with Crippen LogP contribution in [-0.2, 0) is 4.79 Å². The fraction of sp³-hybridized carbons (Fsp3) is 0.808. The molecule has 0 aromatic carbocycles. The number of aliphatic carboxylic acids is 1. The molecular formula is C26H50O8. The van der Waals surface area contributed by atoms with Gasteiger partial charge in [0.05, 0.1) is 6.61 Å². The van der Waals surface area contributed by atoms with Crippen LogP contribution in [0.25, 0.3) is 0 Å². The fourth-order valence-electron chi connectivity index (χ4n) is 3.22. The van der Waals surface area contributed by atoms with Crippen LogP contribution in [0, 0.1) is 0 Å². The number of allylic oxidation sites excluding steroid dienone is 3. The molecule has 0 aliphatic rings. The Morgan fingerprint density at radius 2 is 1.21 bits per heavy atom. The van der Waals surface area contributed by atoms with E-state index in [0.717, 1.165) is 18.9 Å². The van der Waals surface area contributed by atoms with E-state index in [-0.39, 0.29) is 0 Å². The minimum Gasteiger partial charge on any atom is -0.510 e. The standard InChI is InChI=1S/C18H34O2.C8H16O6/c1-2-3-4-5-6-7-8-9-10-11-12-13-14-15-16-17-18(19)20;1-2-4(10)6(12)8(14)7(13)5(11)3-9/h9-10H,2-8,11-17H2,1H3,(H,19,20);2,5-14H,3H2,1H3/b10-9-;. The van der Waals surface area contributed by atoms with Crippen molar-refractivity contribution >= 4 is 5.97 Å². The molecular weight excluding hydrogens is 440 g/mol.